The van der Waals surface area contributed by atoms with Gasteiger partial charge in [0, 0.05) is 36.2 Å². The molecule has 7 nitrogen and oxygen atoms in total. The topological polar surface area (TPSA) is 108 Å². The van der Waals surface area contributed by atoms with Crippen LogP contribution in [0.3, 0.4) is 0 Å². The molecule has 4 N–H and O–H groups in total. The molecule has 2 heterocycles. The second-order valence-corrected chi connectivity index (χ2v) is 5.65. The van der Waals surface area contributed by atoms with Crippen LogP contribution >= 0.6 is 0 Å². The number of rotatable bonds is 3. The lowest BCUT2D eigenvalue weighted by Crippen LogP contribution is -2.41. The first-order chi connectivity index (χ1) is 11.1. The Morgan fingerprint density at radius 1 is 1.35 bits per heavy atom. The summed E-state index contributed by atoms with van der Waals surface area (Å²) < 4.78 is 0. The Morgan fingerprint density at radius 3 is 2.87 bits per heavy atom. The van der Waals surface area contributed by atoms with Crippen molar-refractivity contribution in [2.75, 3.05) is 19.6 Å². The zero-order valence-corrected chi connectivity index (χ0v) is 12.5. The van der Waals surface area contributed by atoms with E-state index in [1.807, 2.05) is 0 Å². The molecule has 0 bridgehead atoms. The molecule has 2 aromatic rings. The minimum Gasteiger partial charge on any atom is -0.360 e. The van der Waals surface area contributed by atoms with Crippen LogP contribution in [0.15, 0.2) is 35.3 Å². The molecule has 1 atom stereocenters. The SMILES string of the molecule is N[C@@H]1CCN(C(=O)CNC(=O)c2c[nH]c3ccccc3c2=O)C1. The number of aromatic nitrogens is 1. The van der Waals surface area contributed by atoms with Gasteiger partial charge in [0.15, 0.2) is 0 Å². The summed E-state index contributed by atoms with van der Waals surface area (Å²) in [6, 6.07) is 6.95. The smallest absolute Gasteiger partial charge is 0.257 e. The van der Waals surface area contributed by atoms with Gasteiger partial charge in [0.2, 0.25) is 11.3 Å². The minimum absolute atomic E-state index is 0.00187. The molecule has 0 radical (unpaired) electrons. The zero-order chi connectivity index (χ0) is 16.4. The second-order valence-electron chi connectivity index (χ2n) is 5.65. The Morgan fingerprint density at radius 2 is 2.13 bits per heavy atom. The predicted molar refractivity (Wildman–Crippen MR) is 86.1 cm³/mol. The number of aromatic amines is 1. The fourth-order valence-corrected chi connectivity index (χ4v) is 2.71. The highest BCUT2D eigenvalue weighted by molar-refractivity contribution is 5.98. The Hall–Kier alpha value is -2.67. The largest absolute Gasteiger partial charge is 0.360 e. The van der Waals surface area contributed by atoms with Crippen LogP contribution in [0.25, 0.3) is 10.9 Å². The summed E-state index contributed by atoms with van der Waals surface area (Å²) in [4.78, 5) is 41.0. The molecule has 1 aliphatic rings. The van der Waals surface area contributed by atoms with Crippen LogP contribution in [0, 0.1) is 0 Å². The third-order valence-electron chi connectivity index (χ3n) is 4.01. The van der Waals surface area contributed by atoms with Crippen molar-refractivity contribution in [2.45, 2.75) is 12.5 Å². The molecule has 1 saturated heterocycles. The van der Waals surface area contributed by atoms with Gasteiger partial charge < -0.3 is 20.9 Å². The molecule has 0 unspecified atom stereocenters. The van der Waals surface area contributed by atoms with Gasteiger partial charge in [-0.3, -0.25) is 14.4 Å². The fraction of sp³-hybridized carbons (Fsp3) is 0.312. The lowest BCUT2D eigenvalue weighted by molar-refractivity contribution is -0.129. The third-order valence-corrected chi connectivity index (χ3v) is 4.01. The van der Waals surface area contributed by atoms with Gasteiger partial charge in [-0.05, 0) is 18.6 Å². The predicted octanol–water partition coefficient (Wildman–Crippen LogP) is -0.182. The van der Waals surface area contributed by atoms with Gasteiger partial charge in [0.1, 0.15) is 5.56 Å². The van der Waals surface area contributed by atoms with Gasteiger partial charge >= 0.3 is 0 Å². The van der Waals surface area contributed by atoms with Gasteiger partial charge in [-0.2, -0.15) is 0 Å². The molecule has 0 saturated carbocycles. The van der Waals surface area contributed by atoms with E-state index in [1.165, 1.54) is 6.20 Å². The normalized spacial score (nSPS) is 17.4. The molecule has 3 rings (SSSR count). The summed E-state index contributed by atoms with van der Waals surface area (Å²) in [6.07, 6.45) is 2.14. The van der Waals surface area contributed by atoms with E-state index in [0.29, 0.717) is 24.0 Å². The van der Waals surface area contributed by atoms with Crippen molar-refractivity contribution >= 4 is 22.7 Å². The number of nitrogens with two attached hydrogens (primary N) is 1. The van der Waals surface area contributed by atoms with Gasteiger partial charge in [0.25, 0.3) is 5.91 Å². The van der Waals surface area contributed by atoms with Crippen molar-refractivity contribution in [1.29, 1.82) is 0 Å². The van der Waals surface area contributed by atoms with Crippen LogP contribution in [-0.4, -0.2) is 47.4 Å². The average Bonchev–Trinajstić information content (AvgIpc) is 2.99. The molecular weight excluding hydrogens is 296 g/mol. The summed E-state index contributed by atoms with van der Waals surface area (Å²) in [5.41, 5.74) is 6.06. The standard InChI is InChI=1S/C16H18N4O3/c17-10-5-6-20(9-10)14(21)8-19-16(23)12-7-18-13-4-2-1-3-11(13)15(12)22/h1-4,7,10H,5-6,8-9,17H2,(H,18,22)(H,19,23)/t10-/m1/s1. The van der Waals surface area contributed by atoms with Crippen molar-refractivity contribution in [2.24, 2.45) is 5.73 Å². The summed E-state index contributed by atoms with van der Waals surface area (Å²) in [5.74, 6) is -0.752. The van der Waals surface area contributed by atoms with Gasteiger partial charge in [-0.25, -0.2) is 0 Å². The Kier molecular flexibility index (Phi) is 4.12. The van der Waals surface area contributed by atoms with Crippen molar-refractivity contribution in [3.63, 3.8) is 0 Å². The van der Waals surface area contributed by atoms with Crippen LogP contribution < -0.4 is 16.5 Å². The number of para-hydroxylation sites is 1. The monoisotopic (exact) mass is 314 g/mol. The highest BCUT2D eigenvalue weighted by Gasteiger charge is 2.24. The summed E-state index contributed by atoms with van der Waals surface area (Å²) in [5, 5.41) is 2.95. The van der Waals surface area contributed by atoms with Crippen LogP contribution in [-0.2, 0) is 4.79 Å². The molecule has 2 amide bonds. The molecule has 1 fully saturated rings. The lowest BCUT2D eigenvalue weighted by Gasteiger charge is -2.16. The minimum atomic E-state index is -0.561. The number of benzene rings is 1. The second kappa shape index (κ2) is 6.21. The number of hydrogen-bond donors (Lipinski definition) is 3. The van der Waals surface area contributed by atoms with Gasteiger partial charge in [-0.15, -0.1) is 0 Å². The number of carbonyl (C=O) groups is 2. The lowest BCUT2D eigenvalue weighted by atomic mass is 10.1. The Balaban J connectivity index is 1.70. The van der Waals surface area contributed by atoms with E-state index in [4.69, 9.17) is 5.73 Å². The van der Waals surface area contributed by atoms with Crippen molar-refractivity contribution in [1.82, 2.24) is 15.2 Å². The maximum Gasteiger partial charge on any atom is 0.257 e. The van der Waals surface area contributed by atoms with Crippen molar-refractivity contribution in [3.8, 4) is 0 Å². The maximum atomic E-state index is 12.3. The van der Waals surface area contributed by atoms with Crippen molar-refractivity contribution in [3.05, 3.63) is 46.2 Å². The first kappa shape index (κ1) is 15.2. The average molecular weight is 314 g/mol. The molecule has 7 heteroatoms. The summed E-state index contributed by atoms with van der Waals surface area (Å²) >= 11 is 0. The molecule has 0 aliphatic carbocycles. The molecule has 120 valence electrons. The number of nitrogens with one attached hydrogen (secondary N) is 2. The van der Waals surface area contributed by atoms with E-state index >= 15 is 0 Å². The first-order valence-electron chi connectivity index (χ1n) is 7.48. The molecule has 23 heavy (non-hydrogen) atoms. The molecular formula is C16H18N4O3. The van der Waals surface area contributed by atoms with E-state index in [-0.39, 0.29) is 29.5 Å². The summed E-state index contributed by atoms with van der Waals surface area (Å²) in [6.45, 7) is 0.968. The number of amides is 2. The first-order valence-corrected chi connectivity index (χ1v) is 7.48. The van der Waals surface area contributed by atoms with Gasteiger partial charge in [0.05, 0.1) is 6.54 Å². The quantitative estimate of drug-likeness (QED) is 0.730. The molecule has 1 aromatic carbocycles. The summed E-state index contributed by atoms with van der Waals surface area (Å²) in [7, 11) is 0. The van der Waals surface area contributed by atoms with E-state index in [2.05, 4.69) is 10.3 Å². The van der Waals surface area contributed by atoms with E-state index in [1.54, 1.807) is 29.2 Å². The molecule has 0 spiro atoms. The van der Waals surface area contributed by atoms with Crippen LogP contribution in [0.4, 0.5) is 0 Å². The number of likely N-dealkylation sites (tertiary alicyclic amines) is 1. The fourth-order valence-electron chi connectivity index (χ4n) is 2.71. The number of nitrogens with zero attached hydrogens (tertiary/aromatic N) is 1. The van der Waals surface area contributed by atoms with E-state index in [9.17, 15) is 14.4 Å². The zero-order valence-electron chi connectivity index (χ0n) is 12.5. The number of fused-ring (bicyclic) bond motifs is 1. The Bertz CT molecular complexity index is 814. The third kappa shape index (κ3) is 3.09. The molecule has 1 aromatic heterocycles. The Labute approximate surface area is 132 Å². The highest BCUT2D eigenvalue weighted by atomic mass is 16.2. The van der Waals surface area contributed by atoms with Crippen LogP contribution in [0.2, 0.25) is 0 Å². The van der Waals surface area contributed by atoms with E-state index < -0.39 is 5.91 Å². The number of H-pyrrole nitrogens is 1. The van der Waals surface area contributed by atoms with E-state index in [0.717, 1.165) is 6.42 Å². The van der Waals surface area contributed by atoms with Crippen LogP contribution in [0.1, 0.15) is 16.8 Å². The number of carbonyl (C=O) groups excluding carboxylic acids is 2. The number of pyridine rings is 1. The van der Waals surface area contributed by atoms with Crippen molar-refractivity contribution < 1.29 is 9.59 Å². The molecule has 1 aliphatic heterocycles. The maximum absolute atomic E-state index is 12.3. The van der Waals surface area contributed by atoms with Crippen LogP contribution in [0.5, 0.6) is 0 Å². The highest BCUT2D eigenvalue weighted by Crippen LogP contribution is 2.08. The van der Waals surface area contributed by atoms with Gasteiger partial charge in [-0.1, -0.05) is 12.1 Å². The number of hydrogen-bond acceptors (Lipinski definition) is 4.